The van der Waals surface area contributed by atoms with Gasteiger partial charge >= 0.3 is 0 Å². The lowest BCUT2D eigenvalue weighted by Gasteiger charge is -2.22. The van der Waals surface area contributed by atoms with Crippen LogP contribution in [0.3, 0.4) is 0 Å². The van der Waals surface area contributed by atoms with E-state index in [-0.39, 0.29) is 29.4 Å². The van der Waals surface area contributed by atoms with Crippen molar-refractivity contribution in [1.82, 2.24) is 25.5 Å². The molecule has 0 fully saturated rings. The summed E-state index contributed by atoms with van der Waals surface area (Å²) in [6, 6.07) is 6.03. The minimum absolute atomic E-state index is 0.115. The number of nitrogens with zero attached hydrogens (tertiary/aromatic N) is 4. The molecule has 1 amide bonds. The summed E-state index contributed by atoms with van der Waals surface area (Å²) in [5.41, 5.74) is 0.884. The first-order valence-electron chi connectivity index (χ1n) is 6.87. The van der Waals surface area contributed by atoms with Crippen LogP contribution in [-0.2, 0) is 11.8 Å². The van der Waals surface area contributed by atoms with E-state index < -0.39 is 0 Å². The Balaban J connectivity index is 1.97. The molecule has 1 N–H and O–H groups in total. The lowest BCUT2D eigenvalue weighted by Crippen LogP contribution is -2.33. The highest BCUT2D eigenvalue weighted by atomic mass is 32.2. The fourth-order valence-corrected chi connectivity index (χ4v) is 2.65. The number of amides is 1. The van der Waals surface area contributed by atoms with Crippen molar-refractivity contribution < 1.29 is 9.18 Å². The van der Waals surface area contributed by atoms with Crippen LogP contribution in [0.2, 0.25) is 0 Å². The van der Waals surface area contributed by atoms with Crippen LogP contribution in [0, 0.1) is 11.7 Å². The largest absolute Gasteiger partial charge is 0.348 e. The molecule has 2 rings (SSSR count). The first kappa shape index (κ1) is 16.4. The van der Waals surface area contributed by atoms with Gasteiger partial charge in [-0.25, -0.2) is 9.07 Å². The fraction of sp³-hybridized carbons (Fsp3) is 0.429. The second-order valence-corrected chi connectivity index (χ2v) is 6.16. The van der Waals surface area contributed by atoms with Crippen LogP contribution in [-0.4, -0.2) is 31.9 Å². The number of nitrogens with one attached hydrogen (secondary N) is 1. The van der Waals surface area contributed by atoms with Crippen molar-refractivity contribution >= 4 is 17.7 Å². The summed E-state index contributed by atoms with van der Waals surface area (Å²) < 4.78 is 14.5. The second kappa shape index (κ2) is 7.35. The van der Waals surface area contributed by atoms with E-state index in [1.807, 2.05) is 13.8 Å². The Morgan fingerprint density at radius 2 is 2.05 bits per heavy atom. The molecule has 0 aliphatic carbocycles. The summed E-state index contributed by atoms with van der Waals surface area (Å²) in [5.74, 6) is 0.00776. The maximum absolute atomic E-state index is 13.0. The Morgan fingerprint density at radius 1 is 1.36 bits per heavy atom. The van der Waals surface area contributed by atoms with Crippen molar-refractivity contribution in [3.8, 4) is 0 Å². The van der Waals surface area contributed by atoms with Crippen molar-refractivity contribution in [3.05, 3.63) is 35.6 Å². The van der Waals surface area contributed by atoms with Gasteiger partial charge in [0.2, 0.25) is 11.1 Å². The predicted octanol–water partition coefficient (Wildman–Crippen LogP) is 1.95. The van der Waals surface area contributed by atoms with E-state index in [0.29, 0.717) is 5.16 Å². The Labute approximate surface area is 132 Å². The molecule has 1 aromatic heterocycles. The van der Waals surface area contributed by atoms with E-state index >= 15 is 0 Å². The standard InChI is InChI=1S/C14H18FN5OS/c1-9(2)13(10-4-6-11(15)7-5-10)16-12(21)8-22-14-17-18-19-20(14)3/h4-7,9,13H,8H2,1-3H3,(H,16,21). The number of hydrogen-bond acceptors (Lipinski definition) is 5. The van der Waals surface area contributed by atoms with E-state index in [0.717, 1.165) is 5.56 Å². The third kappa shape index (κ3) is 4.27. The van der Waals surface area contributed by atoms with Crippen molar-refractivity contribution in [2.45, 2.75) is 25.0 Å². The fourth-order valence-electron chi connectivity index (χ4n) is 1.99. The molecule has 1 aromatic carbocycles. The third-order valence-electron chi connectivity index (χ3n) is 3.13. The van der Waals surface area contributed by atoms with Crippen molar-refractivity contribution in [2.24, 2.45) is 13.0 Å². The van der Waals surface area contributed by atoms with Gasteiger partial charge in [-0.15, -0.1) is 5.10 Å². The van der Waals surface area contributed by atoms with Gasteiger partial charge < -0.3 is 5.32 Å². The summed E-state index contributed by atoms with van der Waals surface area (Å²) in [7, 11) is 1.72. The smallest absolute Gasteiger partial charge is 0.230 e. The van der Waals surface area contributed by atoms with Crippen LogP contribution >= 0.6 is 11.8 Å². The normalized spacial score (nSPS) is 12.4. The molecule has 0 aliphatic rings. The quantitative estimate of drug-likeness (QED) is 0.823. The highest BCUT2D eigenvalue weighted by Crippen LogP contribution is 2.22. The van der Waals surface area contributed by atoms with E-state index in [9.17, 15) is 9.18 Å². The van der Waals surface area contributed by atoms with Crippen molar-refractivity contribution in [3.63, 3.8) is 0 Å². The van der Waals surface area contributed by atoms with Crippen LogP contribution in [0.4, 0.5) is 4.39 Å². The number of rotatable bonds is 6. The SMILES string of the molecule is CC(C)C(NC(=O)CSc1nnnn1C)c1ccc(F)cc1. The van der Waals surface area contributed by atoms with Gasteiger partial charge in [0.15, 0.2) is 0 Å². The molecule has 6 nitrogen and oxygen atoms in total. The maximum atomic E-state index is 13.0. The third-order valence-corrected chi connectivity index (χ3v) is 4.14. The van der Waals surface area contributed by atoms with Crippen LogP contribution in [0.5, 0.6) is 0 Å². The molecule has 118 valence electrons. The van der Waals surface area contributed by atoms with Crippen molar-refractivity contribution in [2.75, 3.05) is 5.75 Å². The van der Waals surface area contributed by atoms with E-state index in [1.54, 1.807) is 19.2 Å². The Kier molecular flexibility index (Phi) is 5.48. The minimum atomic E-state index is -0.289. The molecule has 0 bridgehead atoms. The molecule has 8 heteroatoms. The molecular weight excluding hydrogens is 305 g/mol. The van der Waals surface area contributed by atoms with Crippen LogP contribution < -0.4 is 5.32 Å². The Bertz CT molecular complexity index is 628. The summed E-state index contributed by atoms with van der Waals surface area (Å²) in [4.78, 5) is 12.1. The molecule has 0 saturated carbocycles. The predicted molar refractivity (Wildman–Crippen MR) is 81.6 cm³/mol. The van der Waals surface area contributed by atoms with Gasteiger partial charge in [0.05, 0.1) is 11.8 Å². The molecule has 0 aliphatic heterocycles. The second-order valence-electron chi connectivity index (χ2n) is 5.21. The number of halogens is 1. The molecule has 1 unspecified atom stereocenters. The molecule has 1 heterocycles. The van der Waals surface area contributed by atoms with Gasteiger partial charge in [0.1, 0.15) is 5.82 Å². The Morgan fingerprint density at radius 3 is 2.59 bits per heavy atom. The van der Waals surface area contributed by atoms with E-state index in [2.05, 4.69) is 20.8 Å². The zero-order valence-corrected chi connectivity index (χ0v) is 13.5. The number of aryl methyl sites for hydroxylation is 1. The highest BCUT2D eigenvalue weighted by Gasteiger charge is 2.19. The zero-order valence-electron chi connectivity index (χ0n) is 12.7. The summed E-state index contributed by atoms with van der Waals surface area (Å²) in [6.07, 6.45) is 0. The van der Waals surface area contributed by atoms with Crippen molar-refractivity contribution in [1.29, 1.82) is 0 Å². The number of carbonyl (C=O) groups is 1. The number of tetrazole rings is 1. The topological polar surface area (TPSA) is 72.7 Å². The van der Waals surface area contributed by atoms with Gasteiger partial charge in [-0.3, -0.25) is 4.79 Å². The lowest BCUT2D eigenvalue weighted by atomic mass is 9.96. The lowest BCUT2D eigenvalue weighted by molar-refractivity contribution is -0.119. The maximum Gasteiger partial charge on any atom is 0.230 e. The minimum Gasteiger partial charge on any atom is -0.348 e. The summed E-state index contributed by atoms with van der Waals surface area (Å²) >= 11 is 1.27. The summed E-state index contributed by atoms with van der Waals surface area (Å²) in [5, 5.41) is 14.6. The first-order valence-corrected chi connectivity index (χ1v) is 7.86. The highest BCUT2D eigenvalue weighted by molar-refractivity contribution is 7.99. The molecular formula is C14H18FN5OS. The first-order chi connectivity index (χ1) is 10.5. The molecule has 2 aromatic rings. The van der Waals surface area contributed by atoms with Gasteiger partial charge in [-0.1, -0.05) is 37.7 Å². The average Bonchev–Trinajstić information content (AvgIpc) is 2.89. The molecule has 0 saturated heterocycles. The number of aromatic nitrogens is 4. The number of hydrogen-bond donors (Lipinski definition) is 1. The van der Waals surface area contributed by atoms with Gasteiger partial charge in [-0.05, 0) is 34.0 Å². The molecule has 22 heavy (non-hydrogen) atoms. The van der Waals surface area contributed by atoms with Crippen LogP contribution in [0.25, 0.3) is 0 Å². The Hall–Kier alpha value is -1.96. The van der Waals surface area contributed by atoms with Gasteiger partial charge in [0, 0.05) is 7.05 Å². The van der Waals surface area contributed by atoms with Crippen LogP contribution in [0.1, 0.15) is 25.5 Å². The average molecular weight is 323 g/mol. The number of carbonyl (C=O) groups excluding carboxylic acids is 1. The van der Waals surface area contributed by atoms with Crippen LogP contribution in [0.15, 0.2) is 29.4 Å². The zero-order chi connectivity index (χ0) is 16.1. The molecule has 0 radical (unpaired) electrons. The summed E-state index contributed by atoms with van der Waals surface area (Å²) in [6.45, 7) is 4.02. The monoisotopic (exact) mass is 323 g/mol. The van der Waals surface area contributed by atoms with Gasteiger partial charge in [0.25, 0.3) is 0 Å². The van der Waals surface area contributed by atoms with Gasteiger partial charge in [-0.2, -0.15) is 0 Å². The number of thioether (sulfide) groups is 1. The number of benzene rings is 1. The van der Waals surface area contributed by atoms with E-state index in [4.69, 9.17) is 0 Å². The molecule has 0 spiro atoms. The van der Waals surface area contributed by atoms with E-state index in [1.165, 1.54) is 28.6 Å². The molecule has 1 atom stereocenters.